The molecule has 192 valence electrons. The largest absolute Gasteiger partial charge is 0.372 e. The van der Waals surface area contributed by atoms with Crippen LogP contribution in [0.1, 0.15) is 36.7 Å². The molecule has 9 heteroatoms. The van der Waals surface area contributed by atoms with Crippen molar-refractivity contribution in [2.45, 2.75) is 43.7 Å². The molecule has 3 aromatic rings. The number of anilines is 1. The Morgan fingerprint density at radius 1 is 0.667 bits per heavy atom. The van der Waals surface area contributed by atoms with Crippen molar-refractivity contribution in [2.24, 2.45) is 0 Å². The van der Waals surface area contributed by atoms with Gasteiger partial charge in [0.05, 0.1) is 9.79 Å². The quantitative estimate of drug-likeness (QED) is 0.430. The first kappa shape index (κ1) is 26.3. The summed E-state index contributed by atoms with van der Waals surface area (Å²) in [6.45, 7) is 9.71. The van der Waals surface area contributed by atoms with E-state index in [1.54, 1.807) is 48.5 Å². The normalized spacial score (nSPS) is 15.9. The number of hydrogen-bond acceptors (Lipinski definition) is 5. The summed E-state index contributed by atoms with van der Waals surface area (Å²) in [4.78, 5) is 2.47. The Labute approximate surface area is 215 Å². The molecule has 1 heterocycles. The first-order chi connectivity index (χ1) is 17.1. The third-order valence-electron chi connectivity index (χ3n) is 6.66. The molecule has 0 aliphatic carbocycles. The van der Waals surface area contributed by atoms with E-state index in [0.717, 1.165) is 29.9 Å². The SMILES string of the molecule is CCN(CC)c1ccc(C2N(S(=O)(=O)c3ccc(C)cc3)CCN2S(=O)(=O)c2ccc(C)cc2)cc1. The number of nitrogens with zero attached hydrogens (tertiary/aromatic N) is 3. The summed E-state index contributed by atoms with van der Waals surface area (Å²) in [5, 5.41) is 0. The van der Waals surface area contributed by atoms with E-state index in [-0.39, 0.29) is 22.9 Å². The van der Waals surface area contributed by atoms with E-state index in [4.69, 9.17) is 0 Å². The van der Waals surface area contributed by atoms with Crippen LogP contribution >= 0.6 is 0 Å². The molecule has 0 unspecified atom stereocenters. The molecule has 3 aromatic carbocycles. The minimum absolute atomic E-state index is 0.0593. The summed E-state index contributed by atoms with van der Waals surface area (Å²) in [6, 6.07) is 20.8. The van der Waals surface area contributed by atoms with Crippen molar-refractivity contribution in [1.29, 1.82) is 0 Å². The maximum absolute atomic E-state index is 13.7. The van der Waals surface area contributed by atoms with Crippen molar-refractivity contribution in [1.82, 2.24) is 8.61 Å². The summed E-state index contributed by atoms with van der Waals surface area (Å²) >= 11 is 0. The molecule has 1 aliphatic rings. The van der Waals surface area contributed by atoms with Gasteiger partial charge in [-0.1, -0.05) is 47.5 Å². The standard InChI is InChI=1S/C27H33N3O4S2/c1-5-28(6-2)24-13-11-23(12-14-24)27-29(35(31,32)25-15-7-21(3)8-16-25)19-20-30(27)36(33,34)26-17-9-22(4)10-18-26/h7-18,27H,5-6,19-20H2,1-4H3. The second kappa shape index (κ2) is 10.3. The molecule has 0 aromatic heterocycles. The van der Waals surface area contributed by atoms with Crippen LogP contribution in [0.15, 0.2) is 82.6 Å². The lowest BCUT2D eigenvalue weighted by Crippen LogP contribution is -2.38. The average molecular weight is 528 g/mol. The number of sulfonamides is 2. The van der Waals surface area contributed by atoms with Crippen LogP contribution in [0.2, 0.25) is 0 Å². The van der Waals surface area contributed by atoms with E-state index < -0.39 is 26.2 Å². The highest BCUT2D eigenvalue weighted by Crippen LogP contribution is 2.39. The molecule has 4 rings (SSSR count). The van der Waals surface area contributed by atoms with Gasteiger partial charge in [-0.3, -0.25) is 0 Å². The Hall–Kier alpha value is -2.72. The molecule has 0 bridgehead atoms. The minimum atomic E-state index is -3.95. The second-order valence-corrected chi connectivity index (χ2v) is 12.8. The van der Waals surface area contributed by atoms with Crippen LogP contribution < -0.4 is 4.90 Å². The van der Waals surface area contributed by atoms with Gasteiger partial charge >= 0.3 is 0 Å². The van der Waals surface area contributed by atoms with Gasteiger partial charge < -0.3 is 4.90 Å². The molecule has 0 atom stereocenters. The average Bonchev–Trinajstić information content (AvgIpc) is 3.33. The van der Waals surface area contributed by atoms with Crippen LogP contribution in [0.5, 0.6) is 0 Å². The van der Waals surface area contributed by atoms with Crippen molar-refractivity contribution >= 4 is 25.7 Å². The van der Waals surface area contributed by atoms with Gasteiger partial charge in [0, 0.05) is 31.9 Å². The van der Waals surface area contributed by atoms with E-state index in [0.29, 0.717) is 5.56 Å². The first-order valence-corrected chi connectivity index (χ1v) is 15.0. The van der Waals surface area contributed by atoms with Crippen LogP contribution in [0.25, 0.3) is 0 Å². The predicted molar refractivity (Wildman–Crippen MR) is 143 cm³/mol. The molecule has 0 spiro atoms. The summed E-state index contributed by atoms with van der Waals surface area (Å²) in [5.74, 6) is 0. The number of hydrogen-bond donors (Lipinski definition) is 0. The summed E-state index contributed by atoms with van der Waals surface area (Å²) in [7, 11) is -7.91. The Morgan fingerprint density at radius 2 is 1.06 bits per heavy atom. The number of benzene rings is 3. The third-order valence-corrected chi connectivity index (χ3v) is 10.4. The summed E-state index contributed by atoms with van der Waals surface area (Å²) in [5.41, 5.74) is 3.50. The molecule has 1 fully saturated rings. The Balaban J connectivity index is 1.81. The molecule has 1 aliphatic heterocycles. The van der Waals surface area contributed by atoms with Crippen LogP contribution in [0.4, 0.5) is 5.69 Å². The number of rotatable bonds is 8. The topological polar surface area (TPSA) is 78.0 Å². The van der Waals surface area contributed by atoms with E-state index in [2.05, 4.69) is 18.7 Å². The van der Waals surface area contributed by atoms with Gasteiger partial charge in [0.25, 0.3) is 0 Å². The molecular formula is C27H33N3O4S2. The molecule has 0 amide bonds. The zero-order valence-corrected chi connectivity index (χ0v) is 22.8. The van der Waals surface area contributed by atoms with Gasteiger partial charge in [-0.25, -0.2) is 16.8 Å². The first-order valence-electron chi connectivity index (χ1n) is 12.1. The zero-order chi connectivity index (χ0) is 26.1. The van der Waals surface area contributed by atoms with Crippen molar-refractivity contribution < 1.29 is 16.8 Å². The lowest BCUT2D eigenvalue weighted by Gasteiger charge is -2.30. The van der Waals surface area contributed by atoms with Gasteiger partial charge in [0.15, 0.2) is 0 Å². The van der Waals surface area contributed by atoms with E-state index in [1.807, 2.05) is 38.1 Å². The van der Waals surface area contributed by atoms with Gasteiger partial charge in [-0.2, -0.15) is 8.61 Å². The smallest absolute Gasteiger partial charge is 0.244 e. The van der Waals surface area contributed by atoms with Crippen molar-refractivity contribution in [2.75, 3.05) is 31.1 Å². The van der Waals surface area contributed by atoms with Crippen molar-refractivity contribution in [3.8, 4) is 0 Å². The molecule has 7 nitrogen and oxygen atoms in total. The molecular weight excluding hydrogens is 494 g/mol. The predicted octanol–water partition coefficient (Wildman–Crippen LogP) is 4.54. The van der Waals surface area contributed by atoms with Crippen LogP contribution in [-0.2, 0) is 20.0 Å². The molecule has 36 heavy (non-hydrogen) atoms. The third kappa shape index (κ3) is 4.93. The zero-order valence-electron chi connectivity index (χ0n) is 21.1. The van der Waals surface area contributed by atoms with E-state index >= 15 is 0 Å². The maximum atomic E-state index is 13.7. The Kier molecular flexibility index (Phi) is 7.56. The number of aryl methyl sites for hydroxylation is 2. The van der Waals surface area contributed by atoms with Crippen molar-refractivity contribution in [3.05, 3.63) is 89.5 Å². The van der Waals surface area contributed by atoms with Crippen LogP contribution in [-0.4, -0.2) is 51.6 Å². The molecule has 0 radical (unpaired) electrons. The van der Waals surface area contributed by atoms with Crippen LogP contribution in [0, 0.1) is 13.8 Å². The maximum Gasteiger partial charge on any atom is 0.244 e. The van der Waals surface area contributed by atoms with E-state index in [1.165, 1.54) is 8.61 Å². The fraction of sp³-hybridized carbons (Fsp3) is 0.333. The molecule has 0 N–H and O–H groups in total. The van der Waals surface area contributed by atoms with Gasteiger partial charge in [-0.05, 0) is 69.7 Å². The highest BCUT2D eigenvalue weighted by Gasteiger charge is 2.46. The highest BCUT2D eigenvalue weighted by molar-refractivity contribution is 7.90. The summed E-state index contributed by atoms with van der Waals surface area (Å²) < 4.78 is 57.6. The molecule has 0 saturated carbocycles. The monoisotopic (exact) mass is 527 g/mol. The highest BCUT2D eigenvalue weighted by atomic mass is 32.2. The van der Waals surface area contributed by atoms with Crippen molar-refractivity contribution in [3.63, 3.8) is 0 Å². The van der Waals surface area contributed by atoms with Gasteiger partial charge in [0.2, 0.25) is 20.0 Å². The van der Waals surface area contributed by atoms with Crippen LogP contribution in [0.3, 0.4) is 0 Å². The lowest BCUT2D eigenvalue weighted by atomic mass is 10.1. The summed E-state index contributed by atoms with van der Waals surface area (Å²) in [6.07, 6.45) is -0.992. The minimum Gasteiger partial charge on any atom is -0.372 e. The Morgan fingerprint density at radius 3 is 1.42 bits per heavy atom. The van der Waals surface area contributed by atoms with Gasteiger partial charge in [0.1, 0.15) is 6.17 Å². The molecule has 1 saturated heterocycles. The van der Waals surface area contributed by atoms with Gasteiger partial charge in [-0.15, -0.1) is 0 Å². The fourth-order valence-electron chi connectivity index (χ4n) is 4.56. The fourth-order valence-corrected chi connectivity index (χ4v) is 7.76. The lowest BCUT2D eigenvalue weighted by molar-refractivity contribution is 0.292. The second-order valence-electron chi connectivity index (χ2n) is 9.00. The van der Waals surface area contributed by atoms with E-state index in [9.17, 15) is 16.8 Å². The Bertz CT molecular complexity index is 1320.